The summed E-state index contributed by atoms with van der Waals surface area (Å²) in [4.78, 5) is 2.95. The largest absolute Gasteiger partial charge is 0.505 e. The molecular formula is C44H59ClN6O4. The summed E-state index contributed by atoms with van der Waals surface area (Å²) in [6.07, 6.45) is 9.59. The lowest BCUT2D eigenvalue weighted by Crippen LogP contribution is -2.09. The van der Waals surface area contributed by atoms with E-state index in [1.165, 1.54) is 48.1 Å². The Morgan fingerprint density at radius 1 is 0.636 bits per heavy atom. The fourth-order valence-corrected chi connectivity index (χ4v) is 6.47. The first-order chi connectivity index (χ1) is 26.6. The van der Waals surface area contributed by atoms with Crippen molar-refractivity contribution in [1.29, 1.82) is 0 Å². The fourth-order valence-electron chi connectivity index (χ4n) is 6.27. The third kappa shape index (κ3) is 12.2. The summed E-state index contributed by atoms with van der Waals surface area (Å²) in [7, 11) is 0. The summed E-state index contributed by atoms with van der Waals surface area (Å²) >= 11 is 5.83. The van der Waals surface area contributed by atoms with E-state index in [0.29, 0.717) is 42.0 Å². The number of hydrogen-bond donors (Lipinski definition) is 3. The van der Waals surface area contributed by atoms with Gasteiger partial charge in [-0.05, 0) is 92.1 Å². The van der Waals surface area contributed by atoms with Crippen LogP contribution in [0.1, 0.15) is 101 Å². The maximum atomic E-state index is 10.8. The molecule has 0 aliphatic rings. The minimum Gasteiger partial charge on any atom is -0.505 e. The van der Waals surface area contributed by atoms with Gasteiger partial charge in [0.05, 0.1) is 12.5 Å². The summed E-state index contributed by atoms with van der Waals surface area (Å²) < 4.78 is 5.95. The molecule has 0 spiro atoms. The zero-order valence-corrected chi connectivity index (χ0v) is 34.1. The number of unbranched alkanes of at least 4 members (excludes halogenated alkanes) is 2. The van der Waals surface area contributed by atoms with Crippen LogP contribution in [0, 0.1) is 25.7 Å². The summed E-state index contributed by atoms with van der Waals surface area (Å²) in [5.41, 5.74) is 7.82. The van der Waals surface area contributed by atoms with Crippen LogP contribution in [0.15, 0.2) is 72.8 Å². The molecule has 0 fully saturated rings. The number of aliphatic hydroxyl groups is 1. The highest BCUT2D eigenvalue weighted by Crippen LogP contribution is 2.30. The topological polar surface area (TPSA) is 131 Å². The lowest BCUT2D eigenvalue weighted by molar-refractivity contribution is 0.0807. The predicted octanol–water partition coefficient (Wildman–Crippen LogP) is 10.5. The van der Waals surface area contributed by atoms with Crippen LogP contribution in [0.5, 0.6) is 11.5 Å². The van der Waals surface area contributed by atoms with Crippen LogP contribution in [0.4, 0.5) is 0 Å². The molecule has 2 heterocycles. The SMILES string of the molecule is CCCCC(CC)CO.CCCCC(CC)COCc1cc(C)cc(-n2nc3ccccc3n2)c1O.Cc1cc(CCl)c(O)c(-n2nc3ccccc3n2)c1. The first kappa shape index (κ1) is 43.2. The van der Waals surface area contributed by atoms with E-state index < -0.39 is 0 Å². The molecule has 0 bridgehead atoms. The average Bonchev–Trinajstić information content (AvgIpc) is 3.84. The molecule has 0 saturated carbocycles. The van der Waals surface area contributed by atoms with Gasteiger partial charge in [-0.15, -0.1) is 41.6 Å². The van der Waals surface area contributed by atoms with Crippen molar-refractivity contribution in [2.45, 2.75) is 105 Å². The molecule has 2 unspecified atom stereocenters. The zero-order chi connectivity index (χ0) is 39.7. The highest BCUT2D eigenvalue weighted by atomic mass is 35.5. The molecule has 10 nitrogen and oxygen atoms in total. The van der Waals surface area contributed by atoms with E-state index in [2.05, 4.69) is 48.1 Å². The van der Waals surface area contributed by atoms with Crippen LogP contribution in [0.25, 0.3) is 33.4 Å². The smallest absolute Gasteiger partial charge is 0.148 e. The Labute approximate surface area is 331 Å². The van der Waals surface area contributed by atoms with Crippen molar-refractivity contribution in [3.05, 3.63) is 95.1 Å². The van der Waals surface area contributed by atoms with Crippen molar-refractivity contribution in [2.75, 3.05) is 13.2 Å². The number of phenolic OH excluding ortho intramolecular Hbond substituents is 2. The molecule has 2 atom stereocenters. The monoisotopic (exact) mass is 770 g/mol. The van der Waals surface area contributed by atoms with Crippen LogP contribution in [0.2, 0.25) is 0 Å². The molecule has 4 aromatic carbocycles. The quantitative estimate of drug-likeness (QED) is 0.0829. The number of nitrogens with zero attached hydrogens (tertiary/aromatic N) is 6. The van der Waals surface area contributed by atoms with Crippen LogP contribution >= 0.6 is 11.6 Å². The van der Waals surface area contributed by atoms with Gasteiger partial charge in [0, 0.05) is 24.3 Å². The summed E-state index contributed by atoms with van der Waals surface area (Å²) in [5, 5.41) is 47.4. The zero-order valence-electron chi connectivity index (χ0n) is 33.4. The number of rotatable bonds is 16. The number of aliphatic hydroxyl groups excluding tert-OH is 1. The fraction of sp³-hybridized carbons (Fsp3) is 0.455. The van der Waals surface area contributed by atoms with E-state index >= 15 is 0 Å². The standard InChI is InChI=1S/C22H29N3O2.C14H12ClN3O.C8H18O/c1-4-6-9-17(5-2)14-27-15-18-12-16(3)13-21(22(18)26)25-23-19-10-7-8-11-20(19)24-25;1-9-6-10(8-15)14(19)13(7-9)18-16-11-4-2-3-5-12(11)17-18;1-3-5-6-8(4-2)7-9/h7-8,10-13,17,26H,4-6,9,14-15H2,1-3H3;2-7,19H,8H2,1H3;8-9H,3-7H2,1-2H3. The van der Waals surface area contributed by atoms with Gasteiger partial charge in [0.1, 0.15) is 44.9 Å². The molecule has 2 aromatic heterocycles. The van der Waals surface area contributed by atoms with E-state index in [-0.39, 0.29) is 17.4 Å². The van der Waals surface area contributed by atoms with E-state index in [9.17, 15) is 10.2 Å². The maximum absolute atomic E-state index is 10.8. The number of hydrogen-bond acceptors (Lipinski definition) is 8. The molecule has 11 heteroatoms. The van der Waals surface area contributed by atoms with Gasteiger partial charge in [-0.25, -0.2) is 0 Å². The Kier molecular flexibility index (Phi) is 17.4. The number of alkyl halides is 1. The molecule has 0 radical (unpaired) electrons. The number of benzene rings is 4. The van der Waals surface area contributed by atoms with Crippen molar-refractivity contribution in [3.8, 4) is 22.9 Å². The lowest BCUT2D eigenvalue weighted by Gasteiger charge is -2.16. The minimum atomic E-state index is 0.126. The van der Waals surface area contributed by atoms with Gasteiger partial charge in [0.25, 0.3) is 0 Å². The van der Waals surface area contributed by atoms with Gasteiger partial charge in [-0.2, -0.15) is 0 Å². The molecule has 0 amide bonds. The van der Waals surface area contributed by atoms with Crippen molar-refractivity contribution in [3.63, 3.8) is 0 Å². The Balaban J connectivity index is 0.000000208. The van der Waals surface area contributed by atoms with E-state index in [4.69, 9.17) is 21.4 Å². The second-order valence-electron chi connectivity index (χ2n) is 14.2. The van der Waals surface area contributed by atoms with E-state index in [0.717, 1.165) is 58.2 Å². The summed E-state index contributed by atoms with van der Waals surface area (Å²) in [6.45, 7) is 14.2. The van der Waals surface area contributed by atoms with Crippen molar-refractivity contribution >= 4 is 33.7 Å². The van der Waals surface area contributed by atoms with Gasteiger partial charge in [-0.1, -0.05) is 96.6 Å². The molecule has 6 aromatic rings. The molecule has 0 aliphatic heterocycles. The van der Waals surface area contributed by atoms with Gasteiger partial charge in [-0.3, -0.25) is 0 Å². The molecule has 6 rings (SSSR count). The van der Waals surface area contributed by atoms with Gasteiger partial charge in [0.2, 0.25) is 0 Å². The number of halogens is 1. The number of fused-ring (bicyclic) bond motifs is 2. The summed E-state index contributed by atoms with van der Waals surface area (Å²) in [5.74, 6) is 1.70. The number of phenols is 2. The molecule has 0 saturated heterocycles. The molecule has 0 aliphatic carbocycles. The third-order valence-electron chi connectivity index (χ3n) is 9.73. The Morgan fingerprint density at radius 3 is 1.45 bits per heavy atom. The van der Waals surface area contributed by atoms with E-state index in [1.807, 2.05) is 86.6 Å². The number of aromatic hydroxyl groups is 2. The number of aromatic nitrogens is 6. The predicted molar refractivity (Wildman–Crippen MR) is 223 cm³/mol. The van der Waals surface area contributed by atoms with Gasteiger partial charge >= 0.3 is 0 Å². The Morgan fingerprint density at radius 2 is 1.05 bits per heavy atom. The van der Waals surface area contributed by atoms with Gasteiger partial charge in [0.15, 0.2) is 0 Å². The number of ether oxygens (including phenoxy) is 1. The van der Waals surface area contributed by atoms with Crippen LogP contribution in [-0.2, 0) is 17.2 Å². The Bertz CT molecular complexity index is 1990. The van der Waals surface area contributed by atoms with Gasteiger partial charge < -0.3 is 20.1 Å². The highest BCUT2D eigenvalue weighted by molar-refractivity contribution is 6.17. The van der Waals surface area contributed by atoms with E-state index in [1.54, 1.807) is 0 Å². The minimum absolute atomic E-state index is 0.126. The lowest BCUT2D eigenvalue weighted by atomic mass is 10.0. The third-order valence-corrected chi connectivity index (χ3v) is 10.0. The van der Waals surface area contributed by atoms with Crippen molar-refractivity contribution in [1.82, 2.24) is 30.0 Å². The molecular weight excluding hydrogens is 712 g/mol. The Hall–Kier alpha value is -4.51. The van der Waals surface area contributed by atoms with Crippen molar-refractivity contribution < 1.29 is 20.1 Å². The maximum Gasteiger partial charge on any atom is 0.148 e. The average molecular weight is 771 g/mol. The number of aryl methyl sites for hydroxylation is 2. The second kappa shape index (κ2) is 22.1. The van der Waals surface area contributed by atoms with Crippen LogP contribution < -0.4 is 0 Å². The van der Waals surface area contributed by atoms with Crippen LogP contribution in [-0.4, -0.2) is 58.5 Å². The molecule has 55 heavy (non-hydrogen) atoms. The normalized spacial score (nSPS) is 12.2. The van der Waals surface area contributed by atoms with Crippen LogP contribution in [0.3, 0.4) is 0 Å². The summed E-state index contributed by atoms with van der Waals surface area (Å²) in [6, 6.07) is 22.8. The molecule has 296 valence electrons. The first-order valence-electron chi connectivity index (χ1n) is 19.7. The van der Waals surface area contributed by atoms with Crippen molar-refractivity contribution in [2.24, 2.45) is 11.8 Å². The molecule has 3 N–H and O–H groups in total. The second-order valence-corrected chi connectivity index (χ2v) is 14.5. The first-order valence-corrected chi connectivity index (χ1v) is 20.2. The highest BCUT2D eigenvalue weighted by Gasteiger charge is 2.16.